The zero-order chi connectivity index (χ0) is 32.3. The molecule has 0 spiro atoms. The van der Waals surface area contributed by atoms with Crippen LogP contribution in [0.3, 0.4) is 0 Å². The molecular weight excluding hydrogens is 587 g/mol. The van der Waals surface area contributed by atoms with Crippen LogP contribution in [0.5, 0.6) is 0 Å². The SMILES string of the molecule is C\C=C/C=C\C=C\c1ccc2c(c1)oc1cccc(-c3ccc(-c4nc(-c5ccccc5)nc(-c5ccccc5)n4)c4ccccc34)c12. The lowest BCUT2D eigenvalue weighted by atomic mass is 9.92. The second-order valence-corrected chi connectivity index (χ2v) is 11.6. The minimum absolute atomic E-state index is 0.638. The van der Waals surface area contributed by atoms with E-state index in [2.05, 4.69) is 72.8 Å². The summed E-state index contributed by atoms with van der Waals surface area (Å²) in [6.45, 7) is 2.01. The van der Waals surface area contributed by atoms with Crippen LogP contribution in [0.25, 0.3) is 84.1 Å². The molecule has 8 rings (SSSR count). The molecule has 228 valence electrons. The molecule has 8 aromatic rings. The number of hydrogen-bond donors (Lipinski definition) is 0. The van der Waals surface area contributed by atoms with Gasteiger partial charge < -0.3 is 4.42 Å². The maximum atomic E-state index is 6.43. The van der Waals surface area contributed by atoms with Gasteiger partial charge in [0.15, 0.2) is 17.5 Å². The molecule has 6 aromatic carbocycles. The summed E-state index contributed by atoms with van der Waals surface area (Å²) in [5.41, 5.74) is 7.91. The molecule has 0 radical (unpaired) electrons. The molecule has 0 saturated carbocycles. The lowest BCUT2D eigenvalue weighted by Crippen LogP contribution is -2.00. The molecule has 0 aliphatic heterocycles. The molecule has 0 bridgehead atoms. The van der Waals surface area contributed by atoms with Gasteiger partial charge >= 0.3 is 0 Å². The van der Waals surface area contributed by atoms with Crippen LogP contribution in [-0.2, 0) is 0 Å². The average molecular weight is 618 g/mol. The minimum atomic E-state index is 0.638. The Bertz CT molecular complexity index is 2450. The van der Waals surface area contributed by atoms with Gasteiger partial charge in [-0.1, -0.05) is 146 Å². The summed E-state index contributed by atoms with van der Waals surface area (Å²) in [6.07, 6.45) is 12.2. The molecule has 2 aromatic heterocycles. The van der Waals surface area contributed by atoms with Crippen molar-refractivity contribution in [2.45, 2.75) is 6.92 Å². The number of aromatic nitrogens is 3. The molecule has 0 aliphatic carbocycles. The van der Waals surface area contributed by atoms with Crippen molar-refractivity contribution in [3.63, 3.8) is 0 Å². The fourth-order valence-corrected chi connectivity index (χ4v) is 6.23. The normalized spacial score (nSPS) is 12.0. The van der Waals surface area contributed by atoms with Crippen molar-refractivity contribution in [1.82, 2.24) is 15.0 Å². The molecule has 4 heteroatoms. The summed E-state index contributed by atoms with van der Waals surface area (Å²) in [5.74, 6) is 1.93. The summed E-state index contributed by atoms with van der Waals surface area (Å²) in [7, 11) is 0. The van der Waals surface area contributed by atoms with Gasteiger partial charge in [-0.3, -0.25) is 0 Å². The summed E-state index contributed by atoms with van der Waals surface area (Å²) in [5, 5.41) is 4.38. The number of furan rings is 1. The highest BCUT2D eigenvalue weighted by Crippen LogP contribution is 2.41. The smallest absolute Gasteiger partial charge is 0.164 e. The Balaban J connectivity index is 1.28. The summed E-state index contributed by atoms with van der Waals surface area (Å²) in [6, 6.07) is 45.7. The average Bonchev–Trinajstić information content (AvgIpc) is 3.53. The van der Waals surface area contributed by atoms with Gasteiger partial charge in [-0.05, 0) is 58.7 Å². The first kappa shape index (κ1) is 29.0. The first-order chi connectivity index (χ1) is 23.8. The van der Waals surface area contributed by atoms with Crippen LogP contribution in [0.15, 0.2) is 168 Å². The van der Waals surface area contributed by atoms with Crippen LogP contribution in [0.1, 0.15) is 12.5 Å². The largest absolute Gasteiger partial charge is 0.456 e. The van der Waals surface area contributed by atoms with E-state index in [4.69, 9.17) is 19.4 Å². The second-order valence-electron chi connectivity index (χ2n) is 11.6. The summed E-state index contributed by atoms with van der Waals surface area (Å²) in [4.78, 5) is 14.9. The van der Waals surface area contributed by atoms with Crippen molar-refractivity contribution in [2.75, 3.05) is 0 Å². The van der Waals surface area contributed by atoms with Crippen LogP contribution in [0.4, 0.5) is 0 Å². The second kappa shape index (κ2) is 12.8. The number of hydrogen-bond acceptors (Lipinski definition) is 4. The number of rotatable bonds is 7. The molecule has 0 aliphatic rings. The van der Waals surface area contributed by atoms with Crippen LogP contribution in [0.2, 0.25) is 0 Å². The van der Waals surface area contributed by atoms with Crippen molar-refractivity contribution >= 4 is 38.8 Å². The Morgan fingerprint density at radius 3 is 1.79 bits per heavy atom. The first-order valence-corrected chi connectivity index (χ1v) is 16.1. The van der Waals surface area contributed by atoms with Crippen molar-refractivity contribution in [3.05, 3.63) is 169 Å². The molecule has 4 nitrogen and oxygen atoms in total. The zero-order valence-corrected chi connectivity index (χ0v) is 26.4. The topological polar surface area (TPSA) is 51.8 Å². The van der Waals surface area contributed by atoms with Crippen LogP contribution < -0.4 is 0 Å². The predicted octanol–water partition coefficient (Wildman–Crippen LogP) is 11.7. The minimum Gasteiger partial charge on any atom is -0.456 e. The molecule has 48 heavy (non-hydrogen) atoms. The van der Waals surface area contributed by atoms with Gasteiger partial charge in [0.05, 0.1) is 0 Å². The fraction of sp³-hybridized carbons (Fsp3) is 0.0227. The maximum Gasteiger partial charge on any atom is 0.164 e. The van der Waals surface area contributed by atoms with E-state index in [9.17, 15) is 0 Å². The Morgan fingerprint density at radius 2 is 1.08 bits per heavy atom. The molecule has 0 saturated heterocycles. The zero-order valence-electron chi connectivity index (χ0n) is 26.4. The molecular formula is C44H31N3O. The maximum absolute atomic E-state index is 6.43. The van der Waals surface area contributed by atoms with Gasteiger partial charge in [0, 0.05) is 27.5 Å². The van der Waals surface area contributed by atoms with Crippen LogP contribution >= 0.6 is 0 Å². The van der Waals surface area contributed by atoms with Gasteiger partial charge in [0.25, 0.3) is 0 Å². The summed E-state index contributed by atoms with van der Waals surface area (Å²) < 4.78 is 6.43. The number of nitrogens with zero attached hydrogens (tertiary/aromatic N) is 3. The predicted molar refractivity (Wildman–Crippen MR) is 199 cm³/mol. The third kappa shape index (κ3) is 5.50. The number of fused-ring (bicyclic) bond motifs is 4. The first-order valence-electron chi connectivity index (χ1n) is 16.1. The summed E-state index contributed by atoms with van der Waals surface area (Å²) >= 11 is 0. The van der Waals surface area contributed by atoms with E-state index < -0.39 is 0 Å². The van der Waals surface area contributed by atoms with E-state index in [-0.39, 0.29) is 0 Å². The van der Waals surface area contributed by atoms with Crippen LogP contribution in [0, 0.1) is 0 Å². The van der Waals surface area contributed by atoms with Crippen molar-refractivity contribution in [2.24, 2.45) is 0 Å². The van der Waals surface area contributed by atoms with E-state index in [1.807, 2.05) is 104 Å². The molecule has 0 unspecified atom stereocenters. The third-order valence-electron chi connectivity index (χ3n) is 8.49. The van der Waals surface area contributed by atoms with E-state index >= 15 is 0 Å². The Hall–Kier alpha value is -6.39. The lowest BCUT2D eigenvalue weighted by molar-refractivity contribution is 0.669. The van der Waals surface area contributed by atoms with Crippen LogP contribution in [-0.4, -0.2) is 15.0 Å². The Morgan fingerprint density at radius 1 is 0.458 bits per heavy atom. The Labute approximate surface area is 279 Å². The molecule has 0 atom stereocenters. The highest BCUT2D eigenvalue weighted by atomic mass is 16.3. The van der Waals surface area contributed by atoms with Gasteiger partial charge in [-0.2, -0.15) is 0 Å². The molecule has 2 heterocycles. The molecule has 0 fully saturated rings. The van der Waals surface area contributed by atoms with Gasteiger partial charge in [-0.25, -0.2) is 15.0 Å². The highest BCUT2D eigenvalue weighted by molar-refractivity contribution is 6.16. The van der Waals surface area contributed by atoms with Gasteiger partial charge in [0.1, 0.15) is 11.2 Å². The monoisotopic (exact) mass is 617 g/mol. The Kier molecular flexibility index (Phi) is 7.73. The third-order valence-corrected chi connectivity index (χ3v) is 8.49. The van der Waals surface area contributed by atoms with Crippen molar-refractivity contribution in [3.8, 4) is 45.3 Å². The molecule has 0 amide bonds. The molecule has 0 N–H and O–H groups in total. The van der Waals surface area contributed by atoms with Crippen molar-refractivity contribution in [1.29, 1.82) is 0 Å². The lowest BCUT2D eigenvalue weighted by Gasteiger charge is -2.13. The van der Waals surface area contributed by atoms with E-state index in [0.717, 1.165) is 66.1 Å². The quantitative estimate of drug-likeness (QED) is 0.167. The van der Waals surface area contributed by atoms with E-state index in [1.54, 1.807) is 0 Å². The highest BCUT2D eigenvalue weighted by Gasteiger charge is 2.18. The van der Waals surface area contributed by atoms with E-state index in [1.165, 1.54) is 0 Å². The van der Waals surface area contributed by atoms with Crippen molar-refractivity contribution < 1.29 is 4.42 Å². The van der Waals surface area contributed by atoms with Gasteiger partial charge in [-0.15, -0.1) is 0 Å². The van der Waals surface area contributed by atoms with E-state index in [0.29, 0.717) is 17.5 Å². The number of benzene rings is 6. The standard InChI is InChI=1S/C44H31N3O/c1-2-3-4-5-8-16-30-25-26-38-40(29-30)48-39-24-15-23-36(41(38)39)35-27-28-37(34-22-14-13-21-33(34)35)44-46-42(31-17-9-6-10-18-31)45-43(47-44)32-19-11-7-12-20-32/h2-29H,1H3/b3-2-,5-4-,16-8+. The van der Waals surface area contributed by atoms with Gasteiger partial charge in [0.2, 0.25) is 0 Å². The fourth-order valence-electron chi connectivity index (χ4n) is 6.23. The number of allylic oxidation sites excluding steroid dienone is 5.